The number of thiophene rings is 1. The smallest absolute Gasteiger partial charge is 0.452 e. The molecule has 2 atom stereocenters. The van der Waals surface area contributed by atoms with Crippen molar-refractivity contribution in [3.8, 4) is 0 Å². The van der Waals surface area contributed by atoms with Crippen LogP contribution in [0, 0.1) is 0 Å². The van der Waals surface area contributed by atoms with E-state index >= 15 is 0 Å². The molecule has 15 nitrogen and oxygen atoms in total. The minimum atomic E-state index is -1.49. The van der Waals surface area contributed by atoms with E-state index in [0.717, 1.165) is 21.4 Å². The van der Waals surface area contributed by atoms with E-state index in [1.54, 1.807) is 0 Å². The van der Waals surface area contributed by atoms with Crippen molar-refractivity contribution in [3.63, 3.8) is 0 Å². The Kier molecular flexibility index (Phi) is 7.07. The lowest BCUT2D eigenvalue weighted by molar-refractivity contribution is -0.661. The van der Waals surface area contributed by atoms with Gasteiger partial charge in [0.15, 0.2) is 12.7 Å². The van der Waals surface area contributed by atoms with E-state index in [-0.39, 0.29) is 29.7 Å². The number of carboxylic acid groups (broad SMARTS) is 1. The van der Waals surface area contributed by atoms with Gasteiger partial charge in [-0.15, -0.1) is 11.8 Å². The molecule has 0 radical (unpaired) electrons. The number of β-lactam (4-membered cyclic amide) rings is 1. The monoisotopic (exact) mass is 573 g/mol. The zero-order valence-electron chi connectivity index (χ0n) is 20.0. The van der Waals surface area contributed by atoms with Crippen LogP contribution in [0.3, 0.4) is 0 Å². The molecule has 3 aromatic heterocycles. The third kappa shape index (κ3) is 4.96. The molecular formula is C22H19N7O8S2. The fraction of sp³-hybridized carbons (Fsp3) is 0.227. The van der Waals surface area contributed by atoms with E-state index in [1.807, 2.05) is 34.3 Å². The molecular weight excluding hydrogens is 554 g/mol. The zero-order valence-corrected chi connectivity index (χ0v) is 21.6. The van der Waals surface area contributed by atoms with Gasteiger partial charge in [0.25, 0.3) is 22.7 Å². The van der Waals surface area contributed by atoms with E-state index in [0.29, 0.717) is 5.57 Å². The molecule has 0 saturated carbocycles. The first-order chi connectivity index (χ1) is 18.8. The number of thioether (sulfide) groups is 1. The predicted molar refractivity (Wildman–Crippen MR) is 133 cm³/mol. The maximum Gasteiger partial charge on any atom is 0.452 e. The summed E-state index contributed by atoms with van der Waals surface area (Å²) in [4.78, 5) is 64.1. The number of nitrogen functional groups attached to an aromatic ring is 1. The number of aliphatic carboxylic acids is 1. The molecule has 0 aromatic carbocycles. The summed E-state index contributed by atoms with van der Waals surface area (Å²) in [7, 11) is 1.28. The molecule has 1 saturated heterocycles. The van der Waals surface area contributed by atoms with Gasteiger partial charge in [-0.1, -0.05) is 11.3 Å². The molecule has 202 valence electrons. The number of anilines is 1. The van der Waals surface area contributed by atoms with Gasteiger partial charge in [0.2, 0.25) is 5.71 Å². The van der Waals surface area contributed by atoms with Gasteiger partial charge in [-0.3, -0.25) is 14.5 Å². The number of carboxylic acids is 1. The summed E-state index contributed by atoms with van der Waals surface area (Å²) in [6.45, 7) is 0.245. The topological polar surface area (TPSA) is 205 Å². The van der Waals surface area contributed by atoms with Crippen molar-refractivity contribution < 1.29 is 43.1 Å². The van der Waals surface area contributed by atoms with Crippen molar-refractivity contribution in [3.05, 3.63) is 53.0 Å². The molecule has 2 aliphatic heterocycles. The fourth-order valence-electron chi connectivity index (χ4n) is 4.06. The lowest BCUT2D eigenvalue weighted by Crippen LogP contribution is -2.71. The molecule has 5 heterocycles. The molecule has 0 spiro atoms. The average molecular weight is 574 g/mol. The minimum absolute atomic E-state index is 0.164. The number of hydrogen-bond acceptors (Lipinski definition) is 13. The van der Waals surface area contributed by atoms with E-state index in [1.165, 1.54) is 30.1 Å². The Balaban J connectivity index is 1.35. The number of carbonyl (C=O) groups excluding carboxylic acids is 4. The standard InChI is InChI=1S/C22H19N7O8S2/c1-24-22(34)36-37-27-13(12-8-35-21(23)25-12)16(30)26-14-17(31)29-15(20(32)33)11(9-39-19(14)29)7-28-5-2-3-10-4-6-38-18(10)28/h2-6,8,14,19H,7,9H2,1H3,(H4-,23,24,25,26,30,32,33,34)/t14?,19-/m0/s1. The summed E-state index contributed by atoms with van der Waals surface area (Å²) >= 11 is 2.80. The Hall–Kier alpha value is -4.64. The highest BCUT2D eigenvalue weighted by atomic mass is 32.2. The molecule has 5 rings (SSSR count). The minimum Gasteiger partial charge on any atom is -0.543 e. The number of amides is 3. The second kappa shape index (κ2) is 10.6. The summed E-state index contributed by atoms with van der Waals surface area (Å²) in [5.41, 5.74) is 5.07. The highest BCUT2D eigenvalue weighted by Crippen LogP contribution is 2.40. The largest absolute Gasteiger partial charge is 0.543 e. The van der Waals surface area contributed by atoms with Crippen molar-refractivity contribution in [2.24, 2.45) is 5.16 Å². The molecule has 3 amide bonds. The Morgan fingerprint density at radius 3 is 2.92 bits per heavy atom. The SMILES string of the molecule is CNC(=O)OON=C(C(=O)NC1C(=O)N2C(C(=O)[O-])=C(C[n+]3cccc4ccsc43)CS[C@@H]12)c1coc(N)n1. The third-order valence-electron chi connectivity index (χ3n) is 5.79. The first-order valence-corrected chi connectivity index (χ1v) is 13.1. The summed E-state index contributed by atoms with van der Waals surface area (Å²) in [6.07, 6.45) is 1.85. The Morgan fingerprint density at radius 2 is 2.21 bits per heavy atom. The lowest BCUT2D eigenvalue weighted by atomic mass is 10.0. The number of nitrogens with two attached hydrogens (primary N) is 1. The molecule has 2 aliphatic rings. The number of pyridine rings is 1. The van der Waals surface area contributed by atoms with Gasteiger partial charge in [-0.05, 0) is 22.7 Å². The number of fused-ring (bicyclic) bond motifs is 2. The zero-order chi connectivity index (χ0) is 27.7. The molecule has 17 heteroatoms. The Morgan fingerprint density at radius 1 is 1.38 bits per heavy atom. The van der Waals surface area contributed by atoms with Crippen molar-refractivity contribution in [1.82, 2.24) is 20.5 Å². The predicted octanol–water partition coefficient (Wildman–Crippen LogP) is -1.15. The van der Waals surface area contributed by atoms with Crippen LogP contribution in [0.15, 0.2) is 56.9 Å². The van der Waals surface area contributed by atoms with Crippen molar-refractivity contribution >= 4 is 68.9 Å². The fourth-order valence-corrected chi connectivity index (χ4v) is 6.27. The Bertz CT molecular complexity index is 1550. The maximum absolute atomic E-state index is 13.1. The number of aromatic nitrogens is 2. The van der Waals surface area contributed by atoms with Crippen molar-refractivity contribution in [1.29, 1.82) is 0 Å². The highest BCUT2D eigenvalue weighted by molar-refractivity contribution is 8.00. The average Bonchev–Trinajstić information content (AvgIpc) is 3.58. The molecule has 4 N–H and O–H groups in total. The number of rotatable bonds is 8. The first-order valence-electron chi connectivity index (χ1n) is 11.2. The molecule has 0 aliphatic carbocycles. The summed E-state index contributed by atoms with van der Waals surface area (Å²) in [5, 5.41) is 22.4. The first kappa shape index (κ1) is 26.0. The van der Waals surface area contributed by atoms with Gasteiger partial charge in [0.05, 0.1) is 17.1 Å². The van der Waals surface area contributed by atoms with Gasteiger partial charge in [-0.25, -0.2) is 9.68 Å². The van der Waals surface area contributed by atoms with Gasteiger partial charge in [-0.2, -0.15) is 14.5 Å². The summed E-state index contributed by atoms with van der Waals surface area (Å²) in [6, 6.07) is 4.40. The molecule has 1 unspecified atom stereocenters. The van der Waals surface area contributed by atoms with E-state index in [9.17, 15) is 24.3 Å². The van der Waals surface area contributed by atoms with Crippen LogP contribution in [0.5, 0.6) is 0 Å². The number of carbonyl (C=O) groups is 4. The van der Waals surface area contributed by atoms with Crippen LogP contribution in [0.1, 0.15) is 5.69 Å². The highest BCUT2D eigenvalue weighted by Gasteiger charge is 2.53. The number of hydrogen-bond donors (Lipinski definition) is 3. The van der Waals surface area contributed by atoms with Crippen molar-refractivity contribution in [2.75, 3.05) is 18.5 Å². The van der Waals surface area contributed by atoms with Gasteiger partial charge < -0.3 is 30.7 Å². The number of nitrogens with zero attached hydrogens (tertiary/aromatic N) is 4. The number of nitrogens with one attached hydrogen (secondary N) is 2. The maximum atomic E-state index is 13.1. The van der Waals surface area contributed by atoms with Gasteiger partial charge in [0, 0.05) is 24.4 Å². The van der Waals surface area contributed by atoms with Crippen LogP contribution in [-0.2, 0) is 30.8 Å². The van der Waals surface area contributed by atoms with Crippen LogP contribution in [-0.4, -0.2) is 63.7 Å². The Labute approximate surface area is 227 Å². The second-order valence-electron chi connectivity index (χ2n) is 8.12. The van der Waals surface area contributed by atoms with Crippen LogP contribution in [0.2, 0.25) is 0 Å². The quantitative estimate of drug-likeness (QED) is 0.0965. The van der Waals surface area contributed by atoms with Crippen molar-refractivity contribution in [2.45, 2.75) is 18.0 Å². The second-order valence-corrected chi connectivity index (χ2v) is 10.1. The van der Waals surface area contributed by atoms with E-state index < -0.39 is 41.0 Å². The third-order valence-corrected chi connectivity index (χ3v) is 8.10. The molecule has 1 fully saturated rings. The van der Waals surface area contributed by atoms with E-state index in [4.69, 9.17) is 10.2 Å². The molecule has 3 aromatic rings. The van der Waals surface area contributed by atoms with E-state index in [2.05, 4.69) is 30.6 Å². The summed E-state index contributed by atoms with van der Waals surface area (Å²) in [5.74, 6) is -2.80. The molecule has 39 heavy (non-hydrogen) atoms. The molecule has 0 bridgehead atoms. The number of oxime groups is 1. The number of oxazole rings is 1. The van der Waals surface area contributed by atoms with Crippen LogP contribution in [0.4, 0.5) is 10.8 Å². The van der Waals surface area contributed by atoms with Crippen LogP contribution in [0.25, 0.3) is 10.2 Å². The van der Waals surface area contributed by atoms with Gasteiger partial charge in [0.1, 0.15) is 23.4 Å². The lowest BCUT2D eigenvalue weighted by Gasteiger charge is -2.50. The van der Waals surface area contributed by atoms with Crippen LogP contribution >= 0.6 is 23.1 Å². The van der Waals surface area contributed by atoms with Crippen LogP contribution < -0.4 is 26.0 Å². The van der Waals surface area contributed by atoms with Gasteiger partial charge >= 0.3 is 6.09 Å². The normalized spacial score (nSPS) is 18.8. The summed E-state index contributed by atoms with van der Waals surface area (Å²) < 4.78 is 6.80.